The molecule has 0 spiro atoms. The number of carboxylic acid groups (broad SMARTS) is 1. The zero-order chi connectivity index (χ0) is 64.5. The molecule has 0 aromatic heterocycles. The number of alkyl halides is 6. The molecule has 0 saturated carbocycles. The van der Waals surface area contributed by atoms with Gasteiger partial charge in [0.05, 0.1) is 40.0 Å². The number of ether oxygens (including phenoxy) is 2. The zero-order valence-electron chi connectivity index (χ0n) is 48.5. The van der Waals surface area contributed by atoms with Crippen LogP contribution in [0, 0.1) is 11.8 Å². The van der Waals surface area contributed by atoms with Crippen LogP contribution >= 0.6 is 0 Å². The van der Waals surface area contributed by atoms with Crippen molar-refractivity contribution in [2.45, 2.75) is 67.5 Å². The second-order valence-electron chi connectivity index (χ2n) is 22.8. The summed E-state index contributed by atoms with van der Waals surface area (Å²) in [5, 5.41) is 82.1. The van der Waals surface area contributed by atoms with Crippen molar-refractivity contribution in [2.24, 2.45) is 11.8 Å². The number of benzene rings is 8. The Hall–Kier alpha value is -9.86. The van der Waals surface area contributed by atoms with Crippen molar-refractivity contribution in [3.05, 3.63) is 227 Å². The molecule has 0 radical (unpaired) electrons. The molecule has 12 N–H and O–H groups in total. The number of aromatic hydroxyl groups is 4. The highest BCUT2D eigenvalue weighted by atomic mass is 19.4. The van der Waals surface area contributed by atoms with Crippen LogP contribution in [0.25, 0.3) is 11.1 Å². The molecular weight excluding hydrogens is 1170 g/mol. The van der Waals surface area contributed by atoms with Crippen LogP contribution in [-0.4, -0.2) is 98.5 Å². The number of aliphatic carboxylic acids is 1. The first-order valence-corrected chi connectivity index (χ1v) is 28.7. The van der Waals surface area contributed by atoms with Crippen LogP contribution in [0.2, 0.25) is 0 Å². The van der Waals surface area contributed by atoms with E-state index in [1.165, 1.54) is 0 Å². The summed E-state index contributed by atoms with van der Waals surface area (Å²) in [4.78, 5) is 25.2. The van der Waals surface area contributed by atoms with Gasteiger partial charge in [0, 0.05) is 13.1 Å². The monoisotopic (exact) mass is 1240 g/mol. The van der Waals surface area contributed by atoms with Gasteiger partial charge in [0.15, 0.2) is 0 Å². The number of carbonyl (C=O) groups excluding carboxylic acids is 1. The first-order chi connectivity index (χ1) is 42.7. The number of halogens is 6. The van der Waals surface area contributed by atoms with Crippen LogP contribution in [0.5, 0.6) is 34.5 Å². The average Bonchev–Trinajstić information content (AvgIpc) is 1.52. The molecule has 0 saturated heterocycles. The Bertz CT molecular complexity index is 3950. The van der Waals surface area contributed by atoms with Crippen molar-refractivity contribution in [1.82, 2.24) is 0 Å². The normalized spacial score (nSPS) is 17.1. The number of carbonyl (C=O) groups is 2. The number of carboxylic acids is 1. The van der Waals surface area contributed by atoms with Crippen molar-refractivity contribution >= 4 is 34.6 Å². The van der Waals surface area contributed by atoms with E-state index in [9.17, 15) is 58.5 Å². The SMILES string of the molecule is CC(c1ccc(O)c(N)c1)(c1ccc(O)c(NCC(O)COc2ccc(C3(c4ccc(OCC(O)CNc5cc(C(C)(c6ccc(O)c(NC(=O)C7CC=CCC7C(=O)O)c6)C(F)(F)F)ccc5O)cc4)c4ccccc4-c4ccccc43)cc2)c1)C(F)(F)F. The molecule has 8 aromatic carbocycles. The maximum absolute atomic E-state index is 15.4. The lowest BCUT2D eigenvalue weighted by Gasteiger charge is -2.34. The summed E-state index contributed by atoms with van der Waals surface area (Å²) in [5.41, 5.74) is 3.17. The summed E-state index contributed by atoms with van der Waals surface area (Å²) < 4.78 is 103. The molecule has 0 aliphatic heterocycles. The number of aliphatic hydroxyl groups is 2. The topological polar surface area (TPSA) is 256 Å². The number of aliphatic hydroxyl groups excluding tert-OH is 2. The van der Waals surface area contributed by atoms with Gasteiger partial charge >= 0.3 is 18.3 Å². The van der Waals surface area contributed by atoms with Gasteiger partial charge in [0.25, 0.3) is 0 Å². The summed E-state index contributed by atoms with van der Waals surface area (Å²) in [6, 6.07) is 43.6. The van der Waals surface area contributed by atoms with Gasteiger partial charge in [-0.1, -0.05) is 109 Å². The molecule has 468 valence electrons. The summed E-state index contributed by atoms with van der Waals surface area (Å²) in [7, 11) is 0. The zero-order valence-corrected chi connectivity index (χ0v) is 48.5. The standard InChI is InChI=1S/C69H64F6N4O11/c1-65(68(70,71)72,41-19-27-59(82)55(76)31-41)42-20-28-60(83)56(32-42)77-35-45(80)37-89-47-23-15-39(16-24-47)67(53-13-7-5-9-49(53)50-10-6-8-14-54(50)67)40-17-25-48(26-18-40)90-38-46(81)36-78-57-33-43(21-29-61(57)84)66(2,69(73,74)75)44-22-30-62(85)58(34-44)79-63(86)51-11-3-4-12-52(51)64(87)88/h3-10,13-34,45-46,51-52,77-78,80-85H,11-12,35-38,76H2,1-2H3,(H,79,86)(H,87,88). The quantitative estimate of drug-likeness (QED) is 0.0139. The van der Waals surface area contributed by atoms with E-state index in [2.05, 4.69) is 28.1 Å². The van der Waals surface area contributed by atoms with Gasteiger partial charge in [-0.25, -0.2) is 0 Å². The van der Waals surface area contributed by atoms with E-state index in [-0.39, 0.29) is 95.6 Å². The summed E-state index contributed by atoms with van der Waals surface area (Å²) in [6.45, 7) is 0.850. The average molecular weight is 1240 g/mol. The molecule has 1 amide bonds. The molecule has 90 heavy (non-hydrogen) atoms. The molecule has 15 nitrogen and oxygen atoms in total. The van der Waals surface area contributed by atoms with Gasteiger partial charge in [0.1, 0.15) is 70.7 Å². The number of allylic oxidation sites excluding steroid dienone is 2. The maximum atomic E-state index is 15.4. The highest BCUT2D eigenvalue weighted by molar-refractivity contribution is 5.97. The summed E-state index contributed by atoms with van der Waals surface area (Å²) >= 11 is 0. The van der Waals surface area contributed by atoms with E-state index in [0.717, 1.165) is 120 Å². The van der Waals surface area contributed by atoms with Gasteiger partial charge in [-0.05, 0) is 155 Å². The van der Waals surface area contributed by atoms with Gasteiger partial charge in [-0.15, -0.1) is 0 Å². The number of hydrogen-bond acceptors (Lipinski definition) is 13. The Morgan fingerprint density at radius 3 is 1.32 bits per heavy atom. The number of nitrogen functional groups attached to an aromatic ring is 1. The molecule has 10 rings (SSSR count). The van der Waals surface area contributed by atoms with E-state index in [4.69, 9.17) is 15.2 Å². The number of rotatable bonds is 21. The predicted molar refractivity (Wildman–Crippen MR) is 327 cm³/mol. The van der Waals surface area contributed by atoms with Crippen molar-refractivity contribution in [1.29, 1.82) is 0 Å². The minimum Gasteiger partial charge on any atom is -0.506 e. The summed E-state index contributed by atoms with van der Waals surface area (Å²) in [6.07, 6.45) is -8.83. The van der Waals surface area contributed by atoms with E-state index in [1.807, 2.05) is 60.7 Å². The molecule has 21 heteroatoms. The first-order valence-electron chi connectivity index (χ1n) is 28.7. The Morgan fingerprint density at radius 1 is 0.533 bits per heavy atom. The molecule has 6 unspecified atom stereocenters. The Morgan fingerprint density at radius 2 is 0.911 bits per heavy atom. The Kier molecular flexibility index (Phi) is 17.5. The van der Waals surface area contributed by atoms with E-state index < -0.39 is 76.0 Å². The number of anilines is 4. The fourth-order valence-electron chi connectivity index (χ4n) is 12.0. The molecule has 0 bridgehead atoms. The third-order valence-electron chi connectivity index (χ3n) is 17.3. The summed E-state index contributed by atoms with van der Waals surface area (Å²) in [5.74, 6) is -5.03. The lowest BCUT2D eigenvalue weighted by molar-refractivity contribution is -0.173. The number of phenols is 4. The highest BCUT2D eigenvalue weighted by Gasteiger charge is 2.55. The third kappa shape index (κ3) is 12.0. The predicted octanol–water partition coefficient (Wildman–Crippen LogP) is 12.5. The van der Waals surface area contributed by atoms with Crippen LogP contribution in [-0.2, 0) is 25.8 Å². The van der Waals surface area contributed by atoms with Crippen molar-refractivity contribution < 1.29 is 81.2 Å². The lowest BCUT2D eigenvalue weighted by atomic mass is 9.68. The third-order valence-corrected chi connectivity index (χ3v) is 17.3. The van der Waals surface area contributed by atoms with Crippen LogP contribution in [0.15, 0.2) is 182 Å². The van der Waals surface area contributed by atoms with Crippen molar-refractivity contribution in [2.75, 3.05) is 48.0 Å². The molecule has 2 aliphatic carbocycles. The minimum atomic E-state index is -4.98. The van der Waals surface area contributed by atoms with E-state index in [0.29, 0.717) is 11.5 Å². The van der Waals surface area contributed by atoms with Crippen molar-refractivity contribution in [3.63, 3.8) is 0 Å². The fourth-order valence-corrected chi connectivity index (χ4v) is 12.0. The van der Waals surface area contributed by atoms with Crippen LogP contribution in [0.3, 0.4) is 0 Å². The lowest BCUT2D eigenvalue weighted by Crippen LogP contribution is -2.41. The van der Waals surface area contributed by atoms with E-state index >= 15 is 13.2 Å². The van der Waals surface area contributed by atoms with Crippen molar-refractivity contribution in [3.8, 4) is 45.6 Å². The molecular formula is C69H64F6N4O11. The largest absolute Gasteiger partial charge is 0.506 e. The molecule has 6 atom stereocenters. The van der Waals surface area contributed by atoms with Gasteiger partial charge < -0.3 is 66.9 Å². The van der Waals surface area contributed by atoms with Crippen LogP contribution in [0.1, 0.15) is 71.2 Å². The van der Waals surface area contributed by atoms with Crippen LogP contribution < -0.4 is 31.2 Å². The molecule has 2 aliphatic rings. The Balaban J connectivity index is 0.813. The molecule has 0 heterocycles. The van der Waals surface area contributed by atoms with Gasteiger partial charge in [-0.2, -0.15) is 26.3 Å². The number of nitrogens with two attached hydrogens (primary N) is 1. The highest BCUT2D eigenvalue weighted by Crippen LogP contribution is 2.57. The number of nitrogens with one attached hydrogen (secondary N) is 3. The van der Waals surface area contributed by atoms with Gasteiger partial charge in [0.2, 0.25) is 5.91 Å². The van der Waals surface area contributed by atoms with E-state index in [1.54, 1.807) is 36.4 Å². The number of hydrogen-bond donors (Lipinski definition) is 11. The molecule has 0 fully saturated rings. The maximum Gasteiger partial charge on any atom is 0.402 e. The van der Waals surface area contributed by atoms with Crippen LogP contribution in [0.4, 0.5) is 49.1 Å². The number of phenolic OH excluding ortho intramolecular Hbond substituents is 4. The molecule has 8 aromatic rings. The smallest absolute Gasteiger partial charge is 0.402 e. The second kappa shape index (κ2) is 25.0. The number of amides is 1. The Labute approximate surface area is 513 Å². The first kappa shape index (κ1) is 63.2. The van der Waals surface area contributed by atoms with Gasteiger partial charge in [-0.3, -0.25) is 9.59 Å². The minimum absolute atomic E-state index is 0.0711. The number of fused-ring (bicyclic) bond motifs is 3. The second-order valence-corrected chi connectivity index (χ2v) is 22.8. The fraction of sp³-hybridized carbons (Fsp3) is 0.246.